The molecule has 138 valence electrons. The van der Waals surface area contributed by atoms with Crippen LogP contribution >= 0.6 is 0 Å². The number of anilines is 2. The standard InChI is InChI=1S/C20H27N5O/c1-4-18(16-8-6-5-7-9-16)20(26)25-12-10-24(11-13-25)19-14-17(23(2)3)15-21-22-19/h5-9,14-15,18H,4,10-13H2,1-3H3. The number of rotatable bonds is 5. The van der Waals surface area contributed by atoms with Crippen molar-refractivity contribution >= 4 is 17.4 Å². The van der Waals surface area contributed by atoms with Gasteiger partial charge in [0.05, 0.1) is 17.8 Å². The Balaban J connectivity index is 1.64. The molecular formula is C20H27N5O. The van der Waals surface area contributed by atoms with Crippen LogP contribution in [-0.4, -0.2) is 61.3 Å². The molecule has 1 aromatic heterocycles. The third-order valence-corrected chi connectivity index (χ3v) is 4.97. The van der Waals surface area contributed by atoms with Crippen molar-refractivity contribution in [3.63, 3.8) is 0 Å². The van der Waals surface area contributed by atoms with Crippen LogP contribution in [0.2, 0.25) is 0 Å². The Bertz CT molecular complexity index is 726. The number of piperazine rings is 1. The SMILES string of the molecule is CCC(C(=O)N1CCN(c2cc(N(C)C)cnn2)CC1)c1ccccc1. The smallest absolute Gasteiger partial charge is 0.230 e. The van der Waals surface area contributed by atoms with Crippen molar-refractivity contribution in [1.29, 1.82) is 0 Å². The fraction of sp³-hybridized carbons (Fsp3) is 0.450. The monoisotopic (exact) mass is 353 g/mol. The lowest BCUT2D eigenvalue weighted by Crippen LogP contribution is -2.50. The van der Waals surface area contributed by atoms with E-state index >= 15 is 0 Å². The van der Waals surface area contributed by atoms with Gasteiger partial charge in [0.2, 0.25) is 5.91 Å². The number of aromatic nitrogens is 2. The number of hydrogen-bond acceptors (Lipinski definition) is 5. The summed E-state index contributed by atoms with van der Waals surface area (Å²) >= 11 is 0. The van der Waals surface area contributed by atoms with E-state index in [1.165, 1.54) is 0 Å². The molecule has 2 heterocycles. The first kappa shape index (κ1) is 18.2. The van der Waals surface area contributed by atoms with E-state index in [1.807, 2.05) is 60.3 Å². The summed E-state index contributed by atoms with van der Waals surface area (Å²) in [6, 6.07) is 12.1. The van der Waals surface area contributed by atoms with Gasteiger partial charge in [-0.3, -0.25) is 4.79 Å². The average molecular weight is 353 g/mol. The van der Waals surface area contributed by atoms with Gasteiger partial charge in [-0.25, -0.2) is 0 Å². The van der Waals surface area contributed by atoms with E-state index < -0.39 is 0 Å². The maximum atomic E-state index is 13.0. The van der Waals surface area contributed by atoms with E-state index in [1.54, 1.807) is 6.20 Å². The maximum Gasteiger partial charge on any atom is 0.230 e. The molecule has 1 aliphatic heterocycles. The highest BCUT2D eigenvalue weighted by molar-refractivity contribution is 5.84. The third-order valence-electron chi connectivity index (χ3n) is 4.97. The van der Waals surface area contributed by atoms with Crippen LogP contribution in [0.4, 0.5) is 11.5 Å². The molecule has 1 amide bonds. The van der Waals surface area contributed by atoms with Gasteiger partial charge in [0, 0.05) is 46.3 Å². The van der Waals surface area contributed by atoms with Gasteiger partial charge in [0.15, 0.2) is 5.82 Å². The Morgan fingerprint density at radius 1 is 1.15 bits per heavy atom. The van der Waals surface area contributed by atoms with Gasteiger partial charge in [-0.2, -0.15) is 5.10 Å². The van der Waals surface area contributed by atoms with Gasteiger partial charge in [0.1, 0.15) is 0 Å². The second kappa shape index (κ2) is 8.17. The molecule has 6 heteroatoms. The van der Waals surface area contributed by atoms with Crippen molar-refractivity contribution in [2.75, 3.05) is 50.1 Å². The molecule has 3 rings (SSSR count). The van der Waals surface area contributed by atoms with Gasteiger partial charge in [-0.05, 0) is 12.0 Å². The molecule has 2 aromatic rings. The zero-order valence-electron chi connectivity index (χ0n) is 15.8. The third kappa shape index (κ3) is 3.95. The van der Waals surface area contributed by atoms with Crippen LogP contribution in [0.15, 0.2) is 42.6 Å². The minimum atomic E-state index is -0.0559. The number of carbonyl (C=O) groups excluding carboxylic acids is 1. The number of benzene rings is 1. The van der Waals surface area contributed by atoms with E-state index in [-0.39, 0.29) is 11.8 Å². The van der Waals surface area contributed by atoms with Crippen molar-refractivity contribution in [3.8, 4) is 0 Å². The Kier molecular flexibility index (Phi) is 5.71. The number of hydrogen-bond donors (Lipinski definition) is 0. The second-order valence-electron chi connectivity index (χ2n) is 6.85. The summed E-state index contributed by atoms with van der Waals surface area (Å²) in [4.78, 5) is 19.2. The molecule has 1 saturated heterocycles. The largest absolute Gasteiger partial charge is 0.376 e. The zero-order valence-corrected chi connectivity index (χ0v) is 15.8. The van der Waals surface area contributed by atoms with Crippen molar-refractivity contribution in [3.05, 3.63) is 48.2 Å². The Labute approximate surface area is 155 Å². The lowest BCUT2D eigenvalue weighted by atomic mass is 9.95. The molecule has 0 bridgehead atoms. The predicted molar refractivity (Wildman–Crippen MR) is 105 cm³/mol. The quantitative estimate of drug-likeness (QED) is 0.826. The van der Waals surface area contributed by atoms with Gasteiger partial charge >= 0.3 is 0 Å². The first-order chi connectivity index (χ1) is 12.6. The first-order valence-corrected chi connectivity index (χ1v) is 9.19. The normalized spacial score (nSPS) is 15.7. The minimum absolute atomic E-state index is 0.0559. The summed E-state index contributed by atoms with van der Waals surface area (Å²) in [5, 5.41) is 8.36. The van der Waals surface area contributed by atoms with Crippen molar-refractivity contribution in [2.45, 2.75) is 19.3 Å². The second-order valence-corrected chi connectivity index (χ2v) is 6.85. The highest BCUT2D eigenvalue weighted by atomic mass is 16.2. The molecule has 1 aromatic carbocycles. The molecule has 1 fully saturated rings. The average Bonchev–Trinajstić information content (AvgIpc) is 2.69. The Morgan fingerprint density at radius 3 is 2.46 bits per heavy atom. The summed E-state index contributed by atoms with van der Waals surface area (Å²) in [7, 11) is 3.98. The van der Waals surface area contributed by atoms with Crippen molar-refractivity contribution in [2.24, 2.45) is 0 Å². The number of nitrogens with zero attached hydrogens (tertiary/aromatic N) is 5. The molecule has 0 N–H and O–H groups in total. The molecule has 0 radical (unpaired) electrons. The van der Waals surface area contributed by atoms with Gasteiger partial charge in [0.25, 0.3) is 0 Å². The van der Waals surface area contributed by atoms with E-state index in [0.29, 0.717) is 0 Å². The van der Waals surface area contributed by atoms with Crippen molar-refractivity contribution < 1.29 is 4.79 Å². The van der Waals surface area contributed by atoms with E-state index in [9.17, 15) is 4.79 Å². The van der Waals surface area contributed by atoms with Crippen LogP contribution in [0, 0.1) is 0 Å². The summed E-state index contributed by atoms with van der Waals surface area (Å²) in [5.74, 6) is 1.05. The van der Waals surface area contributed by atoms with E-state index in [4.69, 9.17) is 0 Å². The van der Waals surface area contributed by atoms with Gasteiger partial charge < -0.3 is 14.7 Å². The molecule has 0 saturated carbocycles. The van der Waals surface area contributed by atoms with Crippen LogP contribution < -0.4 is 9.80 Å². The first-order valence-electron chi connectivity index (χ1n) is 9.19. The lowest BCUT2D eigenvalue weighted by molar-refractivity contribution is -0.133. The fourth-order valence-corrected chi connectivity index (χ4v) is 3.36. The Hall–Kier alpha value is -2.63. The molecule has 6 nitrogen and oxygen atoms in total. The molecule has 0 spiro atoms. The van der Waals surface area contributed by atoms with Crippen LogP contribution in [0.25, 0.3) is 0 Å². The lowest BCUT2D eigenvalue weighted by Gasteiger charge is -2.37. The highest BCUT2D eigenvalue weighted by Crippen LogP contribution is 2.24. The van der Waals surface area contributed by atoms with Gasteiger partial charge in [-0.1, -0.05) is 37.3 Å². The molecule has 26 heavy (non-hydrogen) atoms. The summed E-state index contributed by atoms with van der Waals surface area (Å²) < 4.78 is 0. The summed E-state index contributed by atoms with van der Waals surface area (Å²) in [6.07, 6.45) is 2.58. The molecule has 0 aliphatic carbocycles. The minimum Gasteiger partial charge on any atom is -0.376 e. The van der Waals surface area contributed by atoms with Crippen molar-refractivity contribution in [1.82, 2.24) is 15.1 Å². The molecule has 1 atom stereocenters. The van der Waals surface area contributed by atoms with Gasteiger partial charge in [-0.15, -0.1) is 5.10 Å². The molecule has 1 aliphatic rings. The summed E-state index contributed by atoms with van der Waals surface area (Å²) in [5.41, 5.74) is 2.13. The molecule has 1 unspecified atom stereocenters. The van der Waals surface area contributed by atoms with Crippen LogP contribution in [0.3, 0.4) is 0 Å². The number of amides is 1. The predicted octanol–water partition coefficient (Wildman–Crippen LogP) is 2.38. The fourth-order valence-electron chi connectivity index (χ4n) is 3.36. The topological polar surface area (TPSA) is 52.6 Å². The Morgan fingerprint density at radius 2 is 1.85 bits per heavy atom. The van der Waals surface area contributed by atoms with E-state index in [0.717, 1.165) is 49.7 Å². The van der Waals surface area contributed by atoms with Crippen LogP contribution in [0.5, 0.6) is 0 Å². The molecular weight excluding hydrogens is 326 g/mol. The summed E-state index contributed by atoms with van der Waals surface area (Å²) in [6.45, 7) is 5.07. The zero-order chi connectivity index (χ0) is 18.5. The highest BCUT2D eigenvalue weighted by Gasteiger charge is 2.28. The maximum absolute atomic E-state index is 13.0. The van der Waals surface area contributed by atoms with Crippen LogP contribution in [0.1, 0.15) is 24.8 Å². The number of carbonyl (C=O) groups is 1. The van der Waals surface area contributed by atoms with Crippen LogP contribution in [-0.2, 0) is 4.79 Å². The van der Waals surface area contributed by atoms with E-state index in [2.05, 4.69) is 22.0 Å².